The summed E-state index contributed by atoms with van der Waals surface area (Å²) in [7, 11) is 1.93. The number of hydrogen-bond acceptors (Lipinski definition) is 3. The van der Waals surface area contributed by atoms with E-state index in [4.69, 9.17) is 4.42 Å². The van der Waals surface area contributed by atoms with Crippen LogP contribution in [0.4, 0.5) is 4.39 Å². The van der Waals surface area contributed by atoms with Crippen LogP contribution >= 0.6 is 0 Å². The lowest BCUT2D eigenvalue weighted by molar-refractivity contribution is 0.123. The van der Waals surface area contributed by atoms with Crippen molar-refractivity contribution in [3.05, 3.63) is 59.3 Å². The van der Waals surface area contributed by atoms with Crippen LogP contribution in [0.2, 0.25) is 0 Å². The van der Waals surface area contributed by atoms with Crippen molar-refractivity contribution in [1.82, 2.24) is 4.90 Å². The molecule has 19 heavy (non-hydrogen) atoms. The number of aliphatic hydroxyl groups is 1. The Morgan fingerprint density at radius 1 is 1.26 bits per heavy atom. The standard InChI is InChI=1S/C15H18FNO2/c1-11-13(7-8-19-11)9-17(2)10-15(18)12-3-5-14(16)6-4-12/h3-8,15,18H,9-10H2,1-2H3. The number of halogens is 1. The third-order valence-corrected chi connectivity index (χ3v) is 3.15. The smallest absolute Gasteiger partial charge is 0.123 e. The SMILES string of the molecule is Cc1occc1CN(C)CC(O)c1ccc(F)cc1. The molecule has 1 aromatic heterocycles. The molecule has 4 heteroatoms. The molecule has 0 radical (unpaired) electrons. The highest BCUT2D eigenvalue weighted by Gasteiger charge is 2.12. The Bertz CT molecular complexity index is 521. The summed E-state index contributed by atoms with van der Waals surface area (Å²) in [5.41, 5.74) is 1.82. The predicted molar refractivity (Wildman–Crippen MR) is 71.1 cm³/mol. The normalized spacial score (nSPS) is 12.9. The van der Waals surface area contributed by atoms with Gasteiger partial charge >= 0.3 is 0 Å². The first-order chi connectivity index (χ1) is 9.06. The van der Waals surface area contributed by atoms with Crippen LogP contribution in [0.3, 0.4) is 0 Å². The average Bonchev–Trinajstić information content (AvgIpc) is 2.75. The molecule has 2 rings (SSSR count). The summed E-state index contributed by atoms with van der Waals surface area (Å²) in [6, 6.07) is 7.86. The summed E-state index contributed by atoms with van der Waals surface area (Å²) in [5, 5.41) is 10.1. The molecule has 1 unspecified atom stereocenters. The Hall–Kier alpha value is -1.65. The highest BCUT2D eigenvalue weighted by Crippen LogP contribution is 2.17. The number of rotatable bonds is 5. The fourth-order valence-corrected chi connectivity index (χ4v) is 2.02. The minimum Gasteiger partial charge on any atom is -0.469 e. The lowest BCUT2D eigenvalue weighted by Crippen LogP contribution is -2.24. The molecular weight excluding hydrogens is 245 g/mol. The number of nitrogens with zero attached hydrogens (tertiary/aromatic N) is 1. The van der Waals surface area contributed by atoms with E-state index in [1.165, 1.54) is 12.1 Å². The zero-order valence-electron chi connectivity index (χ0n) is 11.1. The van der Waals surface area contributed by atoms with Gasteiger partial charge in [0.05, 0.1) is 12.4 Å². The zero-order valence-corrected chi connectivity index (χ0v) is 11.1. The molecule has 0 aliphatic carbocycles. The van der Waals surface area contributed by atoms with Crippen LogP contribution in [-0.4, -0.2) is 23.6 Å². The zero-order chi connectivity index (χ0) is 13.8. The molecule has 0 spiro atoms. The van der Waals surface area contributed by atoms with Gasteiger partial charge in [0, 0.05) is 18.7 Å². The van der Waals surface area contributed by atoms with Crippen LogP contribution in [0.25, 0.3) is 0 Å². The Morgan fingerprint density at radius 2 is 1.95 bits per heavy atom. The summed E-state index contributed by atoms with van der Waals surface area (Å²) >= 11 is 0. The lowest BCUT2D eigenvalue weighted by atomic mass is 10.1. The molecule has 0 saturated carbocycles. The van der Waals surface area contributed by atoms with Gasteiger partial charge in [0.25, 0.3) is 0 Å². The largest absolute Gasteiger partial charge is 0.469 e. The maximum absolute atomic E-state index is 12.8. The number of furan rings is 1. The Morgan fingerprint density at radius 3 is 2.53 bits per heavy atom. The first kappa shape index (κ1) is 13.8. The monoisotopic (exact) mass is 263 g/mol. The van der Waals surface area contributed by atoms with Gasteiger partial charge in [-0.1, -0.05) is 12.1 Å². The van der Waals surface area contributed by atoms with Crippen molar-refractivity contribution in [3.63, 3.8) is 0 Å². The number of benzene rings is 1. The van der Waals surface area contributed by atoms with Gasteiger partial charge in [0.15, 0.2) is 0 Å². The van der Waals surface area contributed by atoms with Crippen LogP contribution in [0.5, 0.6) is 0 Å². The van der Waals surface area contributed by atoms with E-state index in [2.05, 4.69) is 0 Å². The molecule has 1 N–H and O–H groups in total. The Balaban J connectivity index is 1.93. The van der Waals surface area contributed by atoms with Gasteiger partial charge in [-0.3, -0.25) is 4.90 Å². The first-order valence-corrected chi connectivity index (χ1v) is 6.21. The number of aryl methyl sites for hydroxylation is 1. The summed E-state index contributed by atoms with van der Waals surface area (Å²) in [6.45, 7) is 3.11. The molecule has 2 aromatic rings. The van der Waals surface area contributed by atoms with Crippen molar-refractivity contribution in [2.75, 3.05) is 13.6 Å². The quantitative estimate of drug-likeness (QED) is 0.901. The van der Waals surface area contributed by atoms with Crippen molar-refractivity contribution in [3.8, 4) is 0 Å². The van der Waals surface area contributed by atoms with Crippen molar-refractivity contribution in [2.45, 2.75) is 19.6 Å². The maximum Gasteiger partial charge on any atom is 0.123 e. The first-order valence-electron chi connectivity index (χ1n) is 6.21. The molecule has 0 aliphatic rings. The fourth-order valence-electron chi connectivity index (χ4n) is 2.02. The fraction of sp³-hybridized carbons (Fsp3) is 0.333. The highest BCUT2D eigenvalue weighted by atomic mass is 19.1. The second kappa shape index (κ2) is 5.99. The third-order valence-electron chi connectivity index (χ3n) is 3.15. The van der Waals surface area contributed by atoms with Crippen LogP contribution < -0.4 is 0 Å². The maximum atomic E-state index is 12.8. The highest BCUT2D eigenvalue weighted by molar-refractivity contribution is 5.19. The second-order valence-electron chi connectivity index (χ2n) is 4.77. The molecular formula is C15H18FNO2. The van der Waals surface area contributed by atoms with E-state index in [9.17, 15) is 9.50 Å². The summed E-state index contributed by atoms with van der Waals surface area (Å²) in [6.07, 6.45) is 1.03. The molecule has 1 aromatic carbocycles. The molecule has 3 nitrogen and oxygen atoms in total. The molecule has 0 fully saturated rings. The van der Waals surface area contributed by atoms with Crippen LogP contribution in [0.15, 0.2) is 41.0 Å². The summed E-state index contributed by atoms with van der Waals surface area (Å²) in [4.78, 5) is 2.01. The van der Waals surface area contributed by atoms with E-state index >= 15 is 0 Å². The Labute approximate surface area is 112 Å². The van der Waals surface area contributed by atoms with Crippen molar-refractivity contribution < 1.29 is 13.9 Å². The topological polar surface area (TPSA) is 36.6 Å². The van der Waals surface area contributed by atoms with Gasteiger partial charge < -0.3 is 9.52 Å². The molecule has 1 heterocycles. The number of hydrogen-bond donors (Lipinski definition) is 1. The van der Waals surface area contributed by atoms with Crippen molar-refractivity contribution in [1.29, 1.82) is 0 Å². The molecule has 0 bridgehead atoms. The van der Waals surface area contributed by atoms with E-state index in [1.54, 1.807) is 18.4 Å². The lowest BCUT2D eigenvalue weighted by Gasteiger charge is -2.20. The van der Waals surface area contributed by atoms with Crippen molar-refractivity contribution in [2.24, 2.45) is 0 Å². The van der Waals surface area contributed by atoms with E-state index in [1.807, 2.05) is 24.9 Å². The average molecular weight is 263 g/mol. The van der Waals surface area contributed by atoms with Gasteiger partial charge in [-0.2, -0.15) is 0 Å². The number of aliphatic hydroxyl groups excluding tert-OH is 1. The van der Waals surface area contributed by atoms with Crippen LogP contribution in [-0.2, 0) is 6.54 Å². The van der Waals surface area contributed by atoms with Crippen LogP contribution in [0, 0.1) is 12.7 Å². The summed E-state index contributed by atoms with van der Waals surface area (Å²) in [5.74, 6) is 0.599. The van der Waals surface area contributed by atoms with Gasteiger partial charge in [-0.15, -0.1) is 0 Å². The van der Waals surface area contributed by atoms with Crippen LogP contribution in [0.1, 0.15) is 23.0 Å². The molecule has 1 atom stereocenters. The minimum atomic E-state index is -0.627. The van der Waals surface area contributed by atoms with Crippen molar-refractivity contribution >= 4 is 0 Å². The van der Waals surface area contributed by atoms with Gasteiger partial charge in [0.2, 0.25) is 0 Å². The minimum absolute atomic E-state index is 0.293. The van der Waals surface area contributed by atoms with Gasteiger partial charge in [0.1, 0.15) is 11.6 Å². The molecule has 0 aliphatic heterocycles. The molecule has 0 amide bonds. The van der Waals surface area contributed by atoms with E-state index in [-0.39, 0.29) is 5.82 Å². The molecule has 0 saturated heterocycles. The van der Waals surface area contributed by atoms with E-state index in [0.717, 1.165) is 16.9 Å². The summed E-state index contributed by atoms with van der Waals surface area (Å²) < 4.78 is 18.0. The second-order valence-corrected chi connectivity index (χ2v) is 4.77. The molecule has 102 valence electrons. The van der Waals surface area contributed by atoms with Gasteiger partial charge in [-0.25, -0.2) is 4.39 Å². The van der Waals surface area contributed by atoms with E-state index in [0.29, 0.717) is 13.1 Å². The van der Waals surface area contributed by atoms with E-state index < -0.39 is 6.10 Å². The Kier molecular flexibility index (Phi) is 4.35. The third kappa shape index (κ3) is 3.66. The number of likely N-dealkylation sites (N-methyl/N-ethyl adjacent to an activating group) is 1. The predicted octanol–water partition coefficient (Wildman–Crippen LogP) is 2.89. The van der Waals surface area contributed by atoms with Gasteiger partial charge in [-0.05, 0) is 37.7 Å².